The van der Waals surface area contributed by atoms with Crippen LogP contribution < -0.4 is 10.6 Å². The first-order valence-corrected chi connectivity index (χ1v) is 11.2. The number of carbonyl (C=O) groups is 3. The molecule has 2 N–H and O–H groups in total. The Bertz CT molecular complexity index is 716. The molecule has 2 heterocycles. The molecule has 7 nitrogen and oxygen atoms in total. The number of amides is 3. The van der Waals surface area contributed by atoms with E-state index in [9.17, 15) is 14.4 Å². The normalized spacial score (nSPS) is 20.2. The highest BCUT2D eigenvalue weighted by atomic mass is 16.2. The molecule has 164 valence electrons. The molecule has 7 heteroatoms. The Kier molecular flexibility index (Phi) is 8.25. The molecule has 2 aliphatic heterocycles. The maximum absolute atomic E-state index is 12.9. The molecule has 1 aromatic carbocycles. The van der Waals surface area contributed by atoms with Gasteiger partial charge in [0, 0.05) is 32.2 Å². The Morgan fingerprint density at radius 3 is 2.47 bits per heavy atom. The lowest BCUT2D eigenvalue weighted by atomic mass is 10.0. The quantitative estimate of drug-likeness (QED) is 0.672. The maximum atomic E-state index is 12.9. The van der Waals surface area contributed by atoms with Gasteiger partial charge in [0.1, 0.15) is 6.04 Å². The number of piperidine rings is 1. The molecule has 0 aromatic heterocycles. The van der Waals surface area contributed by atoms with Gasteiger partial charge in [0.25, 0.3) is 0 Å². The third kappa shape index (κ3) is 6.29. The molecule has 1 aromatic rings. The van der Waals surface area contributed by atoms with E-state index in [0.29, 0.717) is 26.1 Å². The summed E-state index contributed by atoms with van der Waals surface area (Å²) in [5.41, 5.74) is 0.976. The summed E-state index contributed by atoms with van der Waals surface area (Å²) < 4.78 is 0. The third-order valence-corrected chi connectivity index (χ3v) is 5.95. The highest BCUT2D eigenvalue weighted by Gasteiger charge is 2.35. The molecule has 2 fully saturated rings. The van der Waals surface area contributed by atoms with Gasteiger partial charge < -0.3 is 15.5 Å². The van der Waals surface area contributed by atoms with Crippen LogP contribution in [0.25, 0.3) is 0 Å². The predicted octanol–water partition coefficient (Wildman–Crippen LogP) is 1.33. The second kappa shape index (κ2) is 11.1. The van der Waals surface area contributed by atoms with Crippen molar-refractivity contribution in [3.05, 3.63) is 35.9 Å². The van der Waals surface area contributed by atoms with Crippen LogP contribution in [0, 0.1) is 0 Å². The van der Waals surface area contributed by atoms with Crippen LogP contribution in [0.15, 0.2) is 30.3 Å². The Morgan fingerprint density at radius 2 is 1.77 bits per heavy atom. The summed E-state index contributed by atoms with van der Waals surface area (Å²) in [4.78, 5) is 41.4. The van der Waals surface area contributed by atoms with Gasteiger partial charge >= 0.3 is 0 Å². The predicted molar refractivity (Wildman–Crippen MR) is 116 cm³/mol. The molecule has 30 heavy (non-hydrogen) atoms. The van der Waals surface area contributed by atoms with E-state index in [-0.39, 0.29) is 29.8 Å². The van der Waals surface area contributed by atoms with Crippen LogP contribution in [-0.2, 0) is 20.8 Å². The van der Waals surface area contributed by atoms with Crippen molar-refractivity contribution < 1.29 is 14.4 Å². The molecule has 0 saturated carbocycles. The zero-order valence-corrected chi connectivity index (χ0v) is 17.9. The maximum Gasteiger partial charge on any atom is 0.243 e. The second-order valence-corrected chi connectivity index (χ2v) is 8.32. The van der Waals surface area contributed by atoms with Gasteiger partial charge in [-0.05, 0) is 37.7 Å². The molecule has 0 spiro atoms. The average Bonchev–Trinajstić information content (AvgIpc) is 3.25. The number of nitrogens with one attached hydrogen (secondary N) is 2. The van der Waals surface area contributed by atoms with E-state index in [1.54, 1.807) is 4.90 Å². The van der Waals surface area contributed by atoms with Gasteiger partial charge in [0.15, 0.2) is 0 Å². The van der Waals surface area contributed by atoms with Crippen molar-refractivity contribution in [2.24, 2.45) is 0 Å². The summed E-state index contributed by atoms with van der Waals surface area (Å²) >= 11 is 0. The fraction of sp³-hybridized carbons (Fsp3) is 0.609. The molecule has 0 aliphatic carbocycles. The standard InChI is InChI=1S/C23H34N4O3/c1-2-12-24-21(28)17-26-14-10-19(11-15-26)25-23(30)20-9-6-13-27(20)22(29)16-18-7-4-3-5-8-18/h3-5,7-8,19-20H,2,6,9-17H2,1H3,(H,24,28)(H,25,30). The van der Waals surface area contributed by atoms with Crippen LogP contribution in [-0.4, -0.2) is 72.3 Å². The minimum Gasteiger partial charge on any atom is -0.355 e. The number of benzene rings is 1. The summed E-state index contributed by atoms with van der Waals surface area (Å²) in [5.74, 6) is 0.0534. The number of hydrogen-bond donors (Lipinski definition) is 2. The van der Waals surface area contributed by atoms with Crippen LogP contribution in [0.4, 0.5) is 0 Å². The Morgan fingerprint density at radius 1 is 1.03 bits per heavy atom. The van der Waals surface area contributed by atoms with E-state index in [1.807, 2.05) is 37.3 Å². The fourth-order valence-corrected chi connectivity index (χ4v) is 4.27. The largest absolute Gasteiger partial charge is 0.355 e. The minimum absolute atomic E-state index is 0.0201. The fourth-order valence-electron chi connectivity index (χ4n) is 4.27. The van der Waals surface area contributed by atoms with E-state index in [0.717, 1.165) is 50.8 Å². The smallest absolute Gasteiger partial charge is 0.243 e. The van der Waals surface area contributed by atoms with Crippen molar-refractivity contribution in [2.45, 2.75) is 57.5 Å². The SMILES string of the molecule is CCCNC(=O)CN1CCC(NC(=O)C2CCCN2C(=O)Cc2ccccc2)CC1. The van der Waals surface area contributed by atoms with E-state index in [1.165, 1.54) is 0 Å². The van der Waals surface area contributed by atoms with Gasteiger partial charge in [0.2, 0.25) is 17.7 Å². The van der Waals surface area contributed by atoms with Crippen LogP contribution in [0.3, 0.4) is 0 Å². The molecule has 0 radical (unpaired) electrons. The monoisotopic (exact) mass is 414 g/mol. The first-order chi connectivity index (χ1) is 14.6. The topological polar surface area (TPSA) is 81.8 Å². The molecule has 0 bridgehead atoms. The Hall–Kier alpha value is -2.41. The lowest BCUT2D eigenvalue weighted by Gasteiger charge is -2.33. The van der Waals surface area contributed by atoms with Crippen molar-refractivity contribution in [2.75, 3.05) is 32.7 Å². The Labute approximate surface area is 179 Å². The second-order valence-electron chi connectivity index (χ2n) is 8.32. The Balaban J connectivity index is 1.44. The molecule has 1 atom stereocenters. The molecule has 2 aliphatic rings. The highest BCUT2D eigenvalue weighted by Crippen LogP contribution is 2.20. The summed E-state index contributed by atoms with van der Waals surface area (Å²) in [6.07, 6.45) is 4.52. The van der Waals surface area contributed by atoms with Crippen molar-refractivity contribution >= 4 is 17.7 Å². The number of nitrogens with zero attached hydrogens (tertiary/aromatic N) is 2. The van der Waals surface area contributed by atoms with Crippen LogP contribution >= 0.6 is 0 Å². The lowest BCUT2D eigenvalue weighted by Crippen LogP contribution is -2.52. The van der Waals surface area contributed by atoms with Crippen LogP contribution in [0.2, 0.25) is 0 Å². The van der Waals surface area contributed by atoms with E-state index >= 15 is 0 Å². The first-order valence-electron chi connectivity index (χ1n) is 11.2. The molecule has 3 amide bonds. The molecule has 1 unspecified atom stereocenters. The van der Waals surface area contributed by atoms with Gasteiger partial charge in [-0.15, -0.1) is 0 Å². The summed E-state index contributed by atoms with van der Waals surface area (Å²) in [6, 6.07) is 9.42. The molecule has 3 rings (SSSR count). The van der Waals surface area contributed by atoms with Gasteiger partial charge in [-0.3, -0.25) is 19.3 Å². The summed E-state index contributed by atoms with van der Waals surface area (Å²) in [6.45, 7) is 5.42. The number of hydrogen-bond acceptors (Lipinski definition) is 4. The lowest BCUT2D eigenvalue weighted by molar-refractivity contribution is -0.138. The van der Waals surface area contributed by atoms with Crippen molar-refractivity contribution in [1.82, 2.24) is 20.4 Å². The zero-order valence-electron chi connectivity index (χ0n) is 17.9. The first kappa shape index (κ1) is 22.3. The van der Waals surface area contributed by atoms with Gasteiger partial charge in [-0.2, -0.15) is 0 Å². The molecular weight excluding hydrogens is 380 g/mol. The van der Waals surface area contributed by atoms with Crippen molar-refractivity contribution in [1.29, 1.82) is 0 Å². The minimum atomic E-state index is -0.362. The van der Waals surface area contributed by atoms with Gasteiger partial charge in [0.05, 0.1) is 13.0 Å². The molecule has 2 saturated heterocycles. The summed E-state index contributed by atoms with van der Waals surface area (Å²) in [7, 11) is 0. The number of carbonyl (C=O) groups excluding carboxylic acids is 3. The third-order valence-electron chi connectivity index (χ3n) is 5.95. The number of rotatable bonds is 8. The zero-order chi connectivity index (χ0) is 21.3. The summed E-state index contributed by atoms with van der Waals surface area (Å²) in [5, 5.41) is 6.06. The molecular formula is C23H34N4O3. The van der Waals surface area contributed by atoms with E-state index in [2.05, 4.69) is 15.5 Å². The van der Waals surface area contributed by atoms with Gasteiger partial charge in [-0.25, -0.2) is 0 Å². The van der Waals surface area contributed by atoms with Crippen molar-refractivity contribution in [3.63, 3.8) is 0 Å². The van der Waals surface area contributed by atoms with E-state index in [4.69, 9.17) is 0 Å². The van der Waals surface area contributed by atoms with Gasteiger partial charge in [-0.1, -0.05) is 37.3 Å². The number of likely N-dealkylation sites (tertiary alicyclic amines) is 2. The average molecular weight is 415 g/mol. The van der Waals surface area contributed by atoms with Crippen molar-refractivity contribution in [3.8, 4) is 0 Å². The van der Waals surface area contributed by atoms with Crippen LogP contribution in [0.5, 0.6) is 0 Å². The van der Waals surface area contributed by atoms with E-state index < -0.39 is 0 Å². The highest BCUT2D eigenvalue weighted by molar-refractivity contribution is 5.89. The van der Waals surface area contributed by atoms with Crippen LogP contribution in [0.1, 0.15) is 44.6 Å².